The van der Waals surface area contributed by atoms with Gasteiger partial charge < -0.3 is 10.6 Å². The normalized spacial score (nSPS) is 10.1. The maximum atomic E-state index is 4.15. The number of aromatic nitrogens is 1. The summed E-state index contributed by atoms with van der Waals surface area (Å²) in [4.78, 5) is 4.15. The first kappa shape index (κ1) is 12.4. The van der Waals surface area contributed by atoms with Gasteiger partial charge >= 0.3 is 0 Å². The van der Waals surface area contributed by atoms with E-state index in [1.54, 1.807) is 12.4 Å². The summed E-state index contributed by atoms with van der Waals surface area (Å²) in [7, 11) is 1.87. The Morgan fingerprint density at radius 1 is 1.06 bits per heavy atom. The number of nitrogens with one attached hydrogen (secondary N) is 2. The molecule has 0 amide bonds. The molecule has 0 aliphatic heterocycles. The smallest absolute Gasteiger partial charge is 0.0591 e. The average Bonchev–Trinajstić information content (AvgIpc) is 2.33. The fraction of sp³-hybridized carbons (Fsp3) is 0.0833. The SMILES string of the molecule is CNc1cncc(Nc2ccc(Br)cc2Br)c1. The fourth-order valence-corrected chi connectivity index (χ4v) is 2.54. The Balaban J connectivity index is 2.25. The third kappa shape index (κ3) is 3.20. The van der Waals surface area contributed by atoms with Gasteiger partial charge in [-0.15, -0.1) is 0 Å². The number of hydrogen-bond donors (Lipinski definition) is 2. The lowest BCUT2D eigenvalue weighted by Crippen LogP contribution is -1.95. The van der Waals surface area contributed by atoms with E-state index in [0.29, 0.717) is 0 Å². The van der Waals surface area contributed by atoms with Gasteiger partial charge in [0.15, 0.2) is 0 Å². The van der Waals surface area contributed by atoms with Crippen LogP contribution in [0.1, 0.15) is 0 Å². The number of halogens is 2. The second kappa shape index (κ2) is 5.51. The molecule has 0 bridgehead atoms. The minimum Gasteiger partial charge on any atom is -0.387 e. The van der Waals surface area contributed by atoms with Crippen LogP contribution in [0, 0.1) is 0 Å². The Labute approximate surface area is 117 Å². The molecule has 0 unspecified atom stereocenters. The molecule has 0 aliphatic rings. The van der Waals surface area contributed by atoms with Crippen LogP contribution in [-0.2, 0) is 0 Å². The largest absolute Gasteiger partial charge is 0.387 e. The first-order chi connectivity index (χ1) is 8.19. The van der Waals surface area contributed by atoms with E-state index in [0.717, 1.165) is 26.0 Å². The van der Waals surface area contributed by atoms with Crippen molar-refractivity contribution in [2.24, 2.45) is 0 Å². The lowest BCUT2D eigenvalue weighted by Gasteiger charge is -2.09. The Morgan fingerprint density at radius 3 is 2.53 bits per heavy atom. The second-order valence-corrected chi connectivity index (χ2v) is 5.23. The van der Waals surface area contributed by atoms with Gasteiger partial charge in [0.25, 0.3) is 0 Å². The van der Waals surface area contributed by atoms with Crippen molar-refractivity contribution < 1.29 is 0 Å². The molecule has 88 valence electrons. The third-order valence-corrected chi connectivity index (χ3v) is 3.39. The standard InChI is InChI=1S/C12H11Br2N3/c1-15-9-5-10(7-16-6-9)17-12-3-2-8(13)4-11(12)14/h2-7,15,17H,1H3. The molecule has 2 N–H and O–H groups in total. The molecule has 0 fully saturated rings. The van der Waals surface area contributed by atoms with E-state index in [-0.39, 0.29) is 0 Å². The van der Waals surface area contributed by atoms with Crippen LogP contribution in [0.25, 0.3) is 0 Å². The summed E-state index contributed by atoms with van der Waals surface area (Å²) in [5.74, 6) is 0. The predicted octanol–water partition coefficient (Wildman–Crippen LogP) is 4.39. The molecule has 0 aliphatic carbocycles. The third-order valence-electron chi connectivity index (χ3n) is 2.24. The molecule has 0 saturated carbocycles. The lowest BCUT2D eigenvalue weighted by molar-refractivity contribution is 1.30. The van der Waals surface area contributed by atoms with Gasteiger partial charge in [-0.2, -0.15) is 0 Å². The van der Waals surface area contributed by atoms with Gasteiger partial charge in [-0.1, -0.05) is 15.9 Å². The van der Waals surface area contributed by atoms with Gasteiger partial charge in [-0.05, 0) is 40.2 Å². The van der Waals surface area contributed by atoms with Crippen LogP contribution < -0.4 is 10.6 Å². The molecule has 0 radical (unpaired) electrons. The Hall–Kier alpha value is -1.07. The van der Waals surface area contributed by atoms with Crippen LogP contribution in [0.4, 0.5) is 17.1 Å². The molecule has 0 saturated heterocycles. The highest BCUT2D eigenvalue weighted by Gasteiger charge is 2.01. The maximum absolute atomic E-state index is 4.15. The fourth-order valence-electron chi connectivity index (χ4n) is 1.39. The molecule has 0 atom stereocenters. The summed E-state index contributed by atoms with van der Waals surface area (Å²) in [6, 6.07) is 7.99. The minimum atomic E-state index is 0.944. The maximum Gasteiger partial charge on any atom is 0.0591 e. The van der Waals surface area contributed by atoms with Crippen LogP contribution >= 0.6 is 31.9 Å². The van der Waals surface area contributed by atoms with Gasteiger partial charge in [0.1, 0.15) is 0 Å². The summed E-state index contributed by atoms with van der Waals surface area (Å²) in [6.07, 6.45) is 3.57. The summed E-state index contributed by atoms with van der Waals surface area (Å²) >= 11 is 6.94. The van der Waals surface area contributed by atoms with Gasteiger partial charge in [0.2, 0.25) is 0 Å². The van der Waals surface area contributed by atoms with E-state index in [4.69, 9.17) is 0 Å². The van der Waals surface area contributed by atoms with E-state index in [9.17, 15) is 0 Å². The van der Waals surface area contributed by atoms with Crippen molar-refractivity contribution in [2.75, 3.05) is 17.7 Å². The molecular formula is C12H11Br2N3. The van der Waals surface area contributed by atoms with Gasteiger partial charge in [-0.3, -0.25) is 4.98 Å². The zero-order valence-electron chi connectivity index (χ0n) is 9.17. The molecule has 1 aromatic heterocycles. The number of pyridine rings is 1. The number of hydrogen-bond acceptors (Lipinski definition) is 3. The predicted molar refractivity (Wildman–Crippen MR) is 78.9 cm³/mol. The minimum absolute atomic E-state index is 0.944. The first-order valence-corrected chi connectivity index (χ1v) is 6.62. The summed E-state index contributed by atoms with van der Waals surface area (Å²) in [5, 5.41) is 6.36. The number of rotatable bonds is 3. The van der Waals surface area contributed by atoms with Crippen LogP contribution in [0.15, 0.2) is 45.6 Å². The number of anilines is 3. The molecule has 2 rings (SSSR count). The monoisotopic (exact) mass is 355 g/mol. The van der Waals surface area contributed by atoms with Crippen LogP contribution in [0.5, 0.6) is 0 Å². The van der Waals surface area contributed by atoms with Crippen molar-refractivity contribution >= 4 is 48.9 Å². The van der Waals surface area contributed by atoms with Crippen molar-refractivity contribution in [2.45, 2.75) is 0 Å². The van der Waals surface area contributed by atoms with E-state index < -0.39 is 0 Å². The van der Waals surface area contributed by atoms with Crippen molar-refractivity contribution in [3.05, 3.63) is 45.6 Å². The van der Waals surface area contributed by atoms with Crippen LogP contribution in [-0.4, -0.2) is 12.0 Å². The van der Waals surface area contributed by atoms with Crippen LogP contribution in [0.3, 0.4) is 0 Å². The van der Waals surface area contributed by atoms with E-state index in [1.807, 2.05) is 31.3 Å². The molecular weight excluding hydrogens is 346 g/mol. The van der Waals surface area contributed by atoms with Crippen molar-refractivity contribution in [3.63, 3.8) is 0 Å². The van der Waals surface area contributed by atoms with Crippen molar-refractivity contribution in [3.8, 4) is 0 Å². The van der Waals surface area contributed by atoms with E-state index in [2.05, 4.69) is 47.5 Å². The van der Waals surface area contributed by atoms with Gasteiger partial charge in [-0.25, -0.2) is 0 Å². The Morgan fingerprint density at radius 2 is 1.82 bits per heavy atom. The Bertz CT molecular complexity index is 529. The molecule has 1 heterocycles. The molecule has 2 aromatic rings. The number of benzene rings is 1. The Kier molecular flexibility index (Phi) is 4.02. The first-order valence-electron chi connectivity index (χ1n) is 5.04. The van der Waals surface area contributed by atoms with E-state index in [1.165, 1.54) is 0 Å². The van der Waals surface area contributed by atoms with Crippen molar-refractivity contribution in [1.29, 1.82) is 0 Å². The lowest BCUT2D eigenvalue weighted by atomic mass is 10.3. The summed E-state index contributed by atoms with van der Waals surface area (Å²) in [6.45, 7) is 0. The van der Waals surface area contributed by atoms with Gasteiger partial charge in [0, 0.05) is 16.0 Å². The van der Waals surface area contributed by atoms with Crippen molar-refractivity contribution in [1.82, 2.24) is 4.98 Å². The quantitative estimate of drug-likeness (QED) is 0.856. The highest BCUT2D eigenvalue weighted by atomic mass is 79.9. The molecule has 1 aromatic carbocycles. The van der Waals surface area contributed by atoms with Gasteiger partial charge in [0.05, 0.1) is 29.5 Å². The zero-order valence-corrected chi connectivity index (χ0v) is 12.3. The average molecular weight is 357 g/mol. The molecule has 3 nitrogen and oxygen atoms in total. The summed E-state index contributed by atoms with van der Waals surface area (Å²) < 4.78 is 2.04. The second-order valence-electron chi connectivity index (χ2n) is 3.46. The number of nitrogens with zero attached hydrogens (tertiary/aromatic N) is 1. The van der Waals surface area contributed by atoms with Crippen LogP contribution in [0.2, 0.25) is 0 Å². The highest BCUT2D eigenvalue weighted by Crippen LogP contribution is 2.29. The zero-order chi connectivity index (χ0) is 12.3. The molecule has 0 spiro atoms. The topological polar surface area (TPSA) is 37.0 Å². The molecule has 5 heteroatoms. The summed E-state index contributed by atoms with van der Waals surface area (Å²) in [5.41, 5.74) is 2.92. The van der Waals surface area contributed by atoms with E-state index >= 15 is 0 Å². The molecule has 17 heavy (non-hydrogen) atoms. The highest BCUT2D eigenvalue weighted by molar-refractivity contribution is 9.11.